The summed E-state index contributed by atoms with van der Waals surface area (Å²) in [4.78, 5) is 30.7. The molecule has 3 unspecified atom stereocenters. The Morgan fingerprint density at radius 1 is 1.21 bits per heavy atom. The molecule has 2 fully saturated rings. The highest BCUT2D eigenvalue weighted by Crippen LogP contribution is 2.40. The molecule has 6 nitrogen and oxygen atoms in total. The third kappa shape index (κ3) is 4.10. The quantitative estimate of drug-likeness (QED) is 0.779. The van der Waals surface area contributed by atoms with Gasteiger partial charge in [-0.05, 0) is 37.3 Å². The van der Waals surface area contributed by atoms with E-state index in [2.05, 4.69) is 15.2 Å². The first-order chi connectivity index (χ1) is 13.6. The number of carbonyl (C=O) groups is 2. The number of rotatable bonds is 6. The van der Waals surface area contributed by atoms with E-state index in [1.807, 2.05) is 23.6 Å². The fraction of sp³-hybridized carbons (Fsp3) is 0.476. The number of amides is 1. The maximum absolute atomic E-state index is 12.2. The number of nitrogens with one attached hydrogen (secondary N) is 1. The summed E-state index contributed by atoms with van der Waals surface area (Å²) >= 11 is 1.51. The highest BCUT2D eigenvalue weighted by molar-refractivity contribution is 7.09. The zero-order valence-corrected chi connectivity index (χ0v) is 16.5. The topological polar surface area (TPSA) is 82.5 Å². The number of hydrogen-bond acceptors (Lipinski definition) is 5. The summed E-state index contributed by atoms with van der Waals surface area (Å²) in [6, 6.07) is 9.07. The second-order valence-electron chi connectivity index (χ2n) is 7.66. The first-order valence-electron chi connectivity index (χ1n) is 9.87. The second kappa shape index (κ2) is 8.41. The van der Waals surface area contributed by atoms with E-state index >= 15 is 0 Å². The van der Waals surface area contributed by atoms with Crippen LogP contribution in [0, 0.1) is 5.92 Å². The molecule has 1 aliphatic carbocycles. The maximum atomic E-state index is 12.2. The standard InChI is InChI=1S/C21H25N3O3S/c25-20(14-6-2-1-3-7-14)22-11-19-23-16(13-28-19)12-24-17-9-5-4-8-15(17)10-18(24)21(26)27/h1-3,6-7,13,15,17-18H,4-5,8-12H2,(H,22,25)(H,26,27). The Kier molecular flexibility index (Phi) is 5.73. The van der Waals surface area contributed by atoms with E-state index in [1.165, 1.54) is 24.2 Å². The lowest BCUT2D eigenvalue weighted by Crippen LogP contribution is -2.41. The van der Waals surface area contributed by atoms with Gasteiger partial charge in [-0.2, -0.15) is 0 Å². The second-order valence-corrected chi connectivity index (χ2v) is 8.60. The molecular weight excluding hydrogens is 374 g/mol. The number of carboxylic acid groups (broad SMARTS) is 1. The number of thiazole rings is 1. The molecule has 1 aliphatic heterocycles. The van der Waals surface area contributed by atoms with Gasteiger partial charge in [0, 0.05) is 23.5 Å². The van der Waals surface area contributed by atoms with E-state index in [1.54, 1.807) is 12.1 Å². The molecule has 3 atom stereocenters. The number of likely N-dealkylation sites (tertiary alicyclic amines) is 1. The van der Waals surface area contributed by atoms with Gasteiger partial charge in [0.05, 0.1) is 12.2 Å². The number of nitrogens with zero attached hydrogens (tertiary/aromatic N) is 2. The smallest absolute Gasteiger partial charge is 0.320 e. The number of fused-ring (bicyclic) bond motifs is 1. The summed E-state index contributed by atoms with van der Waals surface area (Å²) < 4.78 is 0. The highest BCUT2D eigenvalue weighted by Gasteiger charge is 2.45. The van der Waals surface area contributed by atoms with Gasteiger partial charge in [-0.25, -0.2) is 4.98 Å². The summed E-state index contributed by atoms with van der Waals surface area (Å²) in [6.07, 6.45) is 5.36. The van der Waals surface area contributed by atoms with Gasteiger partial charge in [0.2, 0.25) is 0 Å². The average Bonchev–Trinajstić information content (AvgIpc) is 3.32. The van der Waals surface area contributed by atoms with Crippen LogP contribution >= 0.6 is 11.3 Å². The zero-order valence-electron chi connectivity index (χ0n) is 15.7. The van der Waals surface area contributed by atoms with Crippen LogP contribution in [0.3, 0.4) is 0 Å². The monoisotopic (exact) mass is 399 g/mol. The van der Waals surface area contributed by atoms with Gasteiger partial charge < -0.3 is 10.4 Å². The van der Waals surface area contributed by atoms with E-state index in [9.17, 15) is 14.7 Å². The van der Waals surface area contributed by atoms with Gasteiger partial charge in [0.1, 0.15) is 11.0 Å². The minimum atomic E-state index is -0.722. The lowest BCUT2D eigenvalue weighted by atomic mass is 9.85. The van der Waals surface area contributed by atoms with Crippen molar-refractivity contribution in [3.05, 3.63) is 52.0 Å². The van der Waals surface area contributed by atoms with Crippen LogP contribution in [0.25, 0.3) is 0 Å². The molecule has 4 rings (SSSR count). The lowest BCUT2D eigenvalue weighted by Gasteiger charge is -2.32. The van der Waals surface area contributed by atoms with E-state index in [0.717, 1.165) is 30.0 Å². The Morgan fingerprint density at radius 2 is 2.00 bits per heavy atom. The minimum Gasteiger partial charge on any atom is -0.480 e. The predicted octanol–water partition coefficient (Wildman–Crippen LogP) is 3.29. The molecule has 0 spiro atoms. The van der Waals surface area contributed by atoms with Crippen molar-refractivity contribution in [1.82, 2.24) is 15.2 Å². The van der Waals surface area contributed by atoms with Crippen LogP contribution in [0.5, 0.6) is 0 Å². The van der Waals surface area contributed by atoms with E-state index in [-0.39, 0.29) is 5.91 Å². The number of aromatic nitrogens is 1. The first kappa shape index (κ1) is 19.1. The summed E-state index contributed by atoms with van der Waals surface area (Å²) in [5.41, 5.74) is 1.52. The third-order valence-electron chi connectivity index (χ3n) is 5.89. The molecule has 148 valence electrons. The molecule has 2 N–H and O–H groups in total. The van der Waals surface area contributed by atoms with E-state index in [4.69, 9.17) is 0 Å². The molecule has 1 amide bonds. The Labute approximate surface area is 168 Å². The molecule has 1 saturated heterocycles. The molecule has 1 saturated carbocycles. The molecule has 7 heteroatoms. The maximum Gasteiger partial charge on any atom is 0.320 e. The van der Waals surface area contributed by atoms with Crippen LogP contribution in [0.4, 0.5) is 0 Å². The SMILES string of the molecule is O=C(NCc1nc(CN2C(C(=O)O)CC3CCCCC32)cs1)c1ccccc1. The summed E-state index contributed by atoms with van der Waals surface area (Å²) in [5, 5.41) is 15.4. The van der Waals surface area contributed by atoms with Gasteiger partial charge in [-0.1, -0.05) is 31.0 Å². The molecule has 0 radical (unpaired) electrons. The van der Waals surface area contributed by atoms with Gasteiger partial charge in [-0.15, -0.1) is 11.3 Å². The van der Waals surface area contributed by atoms with E-state index < -0.39 is 12.0 Å². The fourth-order valence-corrected chi connectivity index (χ4v) is 5.29. The largest absolute Gasteiger partial charge is 0.480 e. The molecule has 2 aromatic rings. The van der Waals surface area contributed by atoms with E-state index in [0.29, 0.717) is 30.6 Å². The zero-order chi connectivity index (χ0) is 19.5. The number of carboxylic acids is 1. The fourth-order valence-electron chi connectivity index (χ4n) is 4.56. The van der Waals surface area contributed by atoms with Crippen molar-refractivity contribution in [3.63, 3.8) is 0 Å². The lowest BCUT2D eigenvalue weighted by molar-refractivity contribution is -0.142. The summed E-state index contributed by atoms with van der Waals surface area (Å²) in [7, 11) is 0. The average molecular weight is 400 g/mol. The number of hydrogen-bond donors (Lipinski definition) is 2. The van der Waals surface area contributed by atoms with Crippen LogP contribution in [-0.4, -0.2) is 39.0 Å². The summed E-state index contributed by atoms with van der Waals surface area (Å²) in [5.74, 6) is -0.342. The Balaban J connectivity index is 1.38. The van der Waals surface area contributed by atoms with Crippen LogP contribution in [0.15, 0.2) is 35.7 Å². The molecule has 1 aromatic heterocycles. The Hall–Kier alpha value is -2.25. The Bertz CT molecular complexity index is 838. The van der Waals surface area contributed by atoms with Crippen LogP contribution < -0.4 is 5.32 Å². The van der Waals surface area contributed by atoms with Crippen molar-refractivity contribution in [2.24, 2.45) is 5.92 Å². The van der Waals surface area contributed by atoms with Crippen molar-refractivity contribution < 1.29 is 14.7 Å². The normalized spacial score (nSPS) is 24.6. The highest BCUT2D eigenvalue weighted by atomic mass is 32.1. The van der Waals surface area contributed by atoms with Crippen molar-refractivity contribution >= 4 is 23.2 Å². The predicted molar refractivity (Wildman–Crippen MR) is 107 cm³/mol. The molecule has 0 bridgehead atoms. The minimum absolute atomic E-state index is 0.118. The van der Waals surface area contributed by atoms with Crippen molar-refractivity contribution in [3.8, 4) is 0 Å². The van der Waals surface area contributed by atoms with Gasteiger partial charge >= 0.3 is 5.97 Å². The van der Waals surface area contributed by atoms with Gasteiger partial charge in [0.15, 0.2) is 0 Å². The molecular formula is C21H25N3O3S. The van der Waals surface area contributed by atoms with Crippen LogP contribution in [-0.2, 0) is 17.9 Å². The molecule has 1 aromatic carbocycles. The Morgan fingerprint density at radius 3 is 2.79 bits per heavy atom. The van der Waals surface area contributed by atoms with Crippen molar-refractivity contribution in [2.45, 2.75) is 57.3 Å². The van der Waals surface area contributed by atoms with Gasteiger partial charge in [0.25, 0.3) is 5.91 Å². The van der Waals surface area contributed by atoms with Crippen LogP contribution in [0.2, 0.25) is 0 Å². The van der Waals surface area contributed by atoms with Crippen molar-refractivity contribution in [1.29, 1.82) is 0 Å². The molecule has 28 heavy (non-hydrogen) atoms. The van der Waals surface area contributed by atoms with Gasteiger partial charge in [-0.3, -0.25) is 14.5 Å². The third-order valence-corrected chi connectivity index (χ3v) is 6.78. The summed E-state index contributed by atoms with van der Waals surface area (Å²) in [6.45, 7) is 0.952. The van der Waals surface area contributed by atoms with Crippen molar-refractivity contribution in [2.75, 3.05) is 0 Å². The number of carbonyl (C=O) groups excluding carboxylic acids is 1. The molecule has 2 aliphatic rings. The number of benzene rings is 1. The number of aliphatic carboxylic acids is 1. The first-order valence-corrected chi connectivity index (χ1v) is 10.7. The molecule has 2 heterocycles. The van der Waals surface area contributed by atoms with Crippen LogP contribution in [0.1, 0.15) is 53.2 Å².